The van der Waals surface area contributed by atoms with Crippen molar-refractivity contribution < 1.29 is 14.3 Å². The van der Waals surface area contributed by atoms with E-state index in [0.29, 0.717) is 31.5 Å². The zero-order valence-corrected chi connectivity index (χ0v) is 14.5. The zero-order valence-electron chi connectivity index (χ0n) is 13.7. The molecule has 0 radical (unpaired) electrons. The molecule has 7 nitrogen and oxygen atoms in total. The van der Waals surface area contributed by atoms with Gasteiger partial charge in [-0.1, -0.05) is 0 Å². The van der Waals surface area contributed by atoms with Crippen molar-refractivity contribution in [3.05, 3.63) is 17.3 Å². The molecule has 130 valence electrons. The van der Waals surface area contributed by atoms with Crippen molar-refractivity contribution in [3.63, 3.8) is 0 Å². The first-order valence-corrected chi connectivity index (χ1v) is 8.73. The maximum absolute atomic E-state index is 11.5. The molecular formula is C16H21ClN4O3. The number of imidazole rings is 1. The van der Waals surface area contributed by atoms with Crippen LogP contribution in [-0.2, 0) is 20.7 Å². The molecule has 2 aromatic heterocycles. The molecule has 0 amide bonds. The van der Waals surface area contributed by atoms with E-state index in [1.54, 1.807) is 13.3 Å². The van der Waals surface area contributed by atoms with E-state index in [4.69, 9.17) is 21.1 Å². The van der Waals surface area contributed by atoms with Gasteiger partial charge in [0.15, 0.2) is 5.65 Å². The molecule has 0 bridgehead atoms. The van der Waals surface area contributed by atoms with Crippen LogP contribution in [0.4, 0.5) is 0 Å². The van der Waals surface area contributed by atoms with Gasteiger partial charge in [0.2, 0.25) is 5.28 Å². The second-order valence-corrected chi connectivity index (χ2v) is 6.08. The highest BCUT2D eigenvalue weighted by atomic mass is 35.5. The molecule has 3 rings (SSSR count). The maximum Gasteiger partial charge on any atom is 0.305 e. The summed E-state index contributed by atoms with van der Waals surface area (Å²) in [5.41, 5.74) is 2.16. The number of aromatic nitrogens is 4. The molecule has 0 aliphatic carbocycles. The van der Waals surface area contributed by atoms with Crippen molar-refractivity contribution in [3.8, 4) is 0 Å². The van der Waals surface area contributed by atoms with Crippen molar-refractivity contribution in [2.45, 2.75) is 51.7 Å². The smallest absolute Gasteiger partial charge is 0.305 e. The van der Waals surface area contributed by atoms with Gasteiger partial charge in [-0.15, -0.1) is 0 Å². The fraction of sp³-hybridized carbons (Fsp3) is 0.625. The first-order chi connectivity index (χ1) is 11.7. The number of ether oxygens (including phenoxy) is 2. The Morgan fingerprint density at radius 3 is 3.08 bits per heavy atom. The Balaban J connectivity index is 1.78. The summed E-state index contributed by atoms with van der Waals surface area (Å²) in [7, 11) is 0. The van der Waals surface area contributed by atoms with Crippen LogP contribution in [0.1, 0.15) is 50.9 Å². The number of rotatable bonds is 6. The quantitative estimate of drug-likeness (QED) is 0.587. The molecule has 8 heteroatoms. The average molecular weight is 353 g/mol. The molecule has 0 spiro atoms. The molecule has 1 fully saturated rings. The van der Waals surface area contributed by atoms with Crippen LogP contribution >= 0.6 is 11.6 Å². The average Bonchev–Trinajstić information content (AvgIpc) is 2.99. The molecule has 1 saturated heterocycles. The van der Waals surface area contributed by atoms with Gasteiger partial charge in [-0.25, -0.2) is 9.97 Å². The van der Waals surface area contributed by atoms with Crippen molar-refractivity contribution in [1.29, 1.82) is 0 Å². The lowest BCUT2D eigenvalue weighted by Crippen LogP contribution is -2.17. The number of carbonyl (C=O) groups is 1. The molecule has 1 unspecified atom stereocenters. The van der Waals surface area contributed by atoms with Crippen LogP contribution < -0.4 is 0 Å². The lowest BCUT2D eigenvalue weighted by molar-refractivity contribution is -0.143. The molecule has 0 N–H and O–H groups in total. The largest absolute Gasteiger partial charge is 0.466 e. The predicted octanol–water partition coefficient (Wildman–Crippen LogP) is 3.06. The number of carbonyl (C=O) groups excluding carboxylic acids is 1. The summed E-state index contributed by atoms with van der Waals surface area (Å²) >= 11 is 6.09. The highest BCUT2D eigenvalue weighted by Gasteiger charge is 2.21. The molecule has 24 heavy (non-hydrogen) atoms. The molecule has 2 aromatic rings. The third kappa shape index (κ3) is 3.84. The number of nitrogens with zero attached hydrogens (tertiary/aromatic N) is 4. The summed E-state index contributed by atoms with van der Waals surface area (Å²) in [5.74, 6) is -0.199. The monoisotopic (exact) mass is 352 g/mol. The lowest BCUT2D eigenvalue weighted by atomic mass is 10.1. The van der Waals surface area contributed by atoms with Crippen LogP contribution in [0.2, 0.25) is 5.28 Å². The predicted molar refractivity (Wildman–Crippen MR) is 88.7 cm³/mol. The molecule has 3 heterocycles. The van der Waals surface area contributed by atoms with E-state index in [-0.39, 0.29) is 17.5 Å². The van der Waals surface area contributed by atoms with Gasteiger partial charge in [0.25, 0.3) is 0 Å². The van der Waals surface area contributed by atoms with Gasteiger partial charge in [0.05, 0.1) is 18.6 Å². The van der Waals surface area contributed by atoms with Gasteiger partial charge in [-0.2, -0.15) is 4.98 Å². The number of aryl methyl sites for hydroxylation is 1. The second kappa shape index (κ2) is 7.90. The molecular weight excluding hydrogens is 332 g/mol. The number of halogens is 1. The Morgan fingerprint density at radius 2 is 2.33 bits per heavy atom. The van der Waals surface area contributed by atoms with E-state index < -0.39 is 0 Å². The Morgan fingerprint density at radius 1 is 1.46 bits per heavy atom. The summed E-state index contributed by atoms with van der Waals surface area (Å²) in [4.78, 5) is 24.5. The number of fused-ring (bicyclic) bond motifs is 1. The molecule has 0 aromatic carbocycles. The minimum absolute atomic E-state index is 0.0536. The zero-order chi connectivity index (χ0) is 16.9. The van der Waals surface area contributed by atoms with E-state index in [1.165, 1.54) is 0 Å². The third-order valence-electron chi connectivity index (χ3n) is 4.03. The Labute approximate surface area is 145 Å². The SMILES string of the molecule is CCOC(=O)CCCc1nc(Cl)nc2c1ncn2C1CCCCO1. The Kier molecular flexibility index (Phi) is 5.63. The summed E-state index contributed by atoms with van der Waals surface area (Å²) in [5, 5.41) is 0.186. The molecule has 1 aliphatic heterocycles. The summed E-state index contributed by atoms with van der Waals surface area (Å²) in [6.07, 6.45) is 6.40. The minimum Gasteiger partial charge on any atom is -0.466 e. The summed E-state index contributed by atoms with van der Waals surface area (Å²) < 4.78 is 12.7. The van der Waals surface area contributed by atoms with Gasteiger partial charge in [-0.05, 0) is 50.6 Å². The van der Waals surface area contributed by atoms with Gasteiger partial charge in [0.1, 0.15) is 11.7 Å². The van der Waals surface area contributed by atoms with Gasteiger partial charge in [-0.3, -0.25) is 9.36 Å². The molecule has 1 atom stereocenters. The fourth-order valence-electron chi connectivity index (χ4n) is 2.91. The van der Waals surface area contributed by atoms with Crippen LogP contribution in [0.5, 0.6) is 0 Å². The Hall–Kier alpha value is -1.73. The summed E-state index contributed by atoms with van der Waals surface area (Å²) in [6, 6.07) is 0. The molecule has 1 aliphatic rings. The van der Waals surface area contributed by atoms with Crippen molar-refractivity contribution in [2.75, 3.05) is 13.2 Å². The van der Waals surface area contributed by atoms with Gasteiger partial charge < -0.3 is 9.47 Å². The highest BCUT2D eigenvalue weighted by molar-refractivity contribution is 6.28. The minimum atomic E-state index is -0.199. The first kappa shape index (κ1) is 17.1. The fourth-order valence-corrected chi connectivity index (χ4v) is 3.09. The van der Waals surface area contributed by atoms with E-state index in [2.05, 4.69) is 15.0 Å². The van der Waals surface area contributed by atoms with E-state index in [0.717, 1.165) is 37.1 Å². The number of hydrogen-bond donors (Lipinski definition) is 0. The van der Waals surface area contributed by atoms with Crippen LogP contribution in [0.25, 0.3) is 11.2 Å². The van der Waals surface area contributed by atoms with Crippen LogP contribution in [0, 0.1) is 0 Å². The third-order valence-corrected chi connectivity index (χ3v) is 4.20. The van der Waals surface area contributed by atoms with Crippen LogP contribution in [0.3, 0.4) is 0 Å². The van der Waals surface area contributed by atoms with E-state index in [9.17, 15) is 4.79 Å². The second-order valence-electron chi connectivity index (χ2n) is 5.74. The van der Waals surface area contributed by atoms with E-state index >= 15 is 0 Å². The summed E-state index contributed by atoms with van der Waals surface area (Å²) in [6.45, 7) is 2.94. The van der Waals surface area contributed by atoms with Crippen LogP contribution in [-0.4, -0.2) is 38.7 Å². The van der Waals surface area contributed by atoms with Gasteiger partial charge in [0, 0.05) is 13.0 Å². The van der Waals surface area contributed by atoms with E-state index in [1.807, 2.05) is 4.57 Å². The topological polar surface area (TPSA) is 79.1 Å². The highest BCUT2D eigenvalue weighted by Crippen LogP contribution is 2.27. The molecule has 0 saturated carbocycles. The maximum atomic E-state index is 11.5. The lowest BCUT2D eigenvalue weighted by Gasteiger charge is -2.23. The van der Waals surface area contributed by atoms with Crippen molar-refractivity contribution in [1.82, 2.24) is 19.5 Å². The number of hydrogen-bond acceptors (Lipinski definition) is 6. The standard InChI is InChI=1S/C16H21ClN4O3/c1-2-23-13(22)8-5-6-11-14-15(20-16(17)19-11)21(10-18-14)12-7-3-4-9-24-12/h10,12H,2-9H2,1H3. The van der Waals surface area contributed by atoms with Crippen LogP contribution in [0.15, 0.2) is 6.33 Å². The van der Waals surface area contributed by atoms with Crippen molar-refractivity contribution >= 4 is 28.7 Å². The van der Waals surface area contributed by atoms with Gasteiger partial charge >= 0.3 is 5.97 Å². The normalized spacial score (nSPS) is 18.0. The Bertz CT molecular complexity index is 713. The van der Waals surface area contributed by atoms with Crippen molar-refractivity contribution in [2.24, 2.45) is 0 Å². The number of esters is 1. The first-order valence-electron chi connectivity index (χ1n) is 8.35.